The summed E-state index contributed by atoms with van der Waals surface area (Å²) in [4.78, 5) is 18.9. The lowest BCUT2D eigenvalue weighted by Crippen LogP contribution is -2.36. The van der Waals surface area contributed by atoms with E-state index in [0.717, 1.165) is 35.1 Å². The first kappa shape index (κ1) is 28.1. The molecule has 1 fully saturated rings. The van der Waals surface area contributed by atoms with Gasteiger partial charge in [0.05, 0.1) is 15.7 Å². The SMILES string of the molecule is CC(C)(C)OC(=O)N(Sc1c(F)cc(NCc2c(Cl)cccc2CN2CCC2)c(Br)c1F)c1cscn1. The van der Waals surface area contributed by atoms with Crippen LogP contribution in [0.5, 0.6) is 0 Å². The largest absolute Gasteiger partial charge is 0.443 e. The molecule has 2 heterocycles. The summed E-state index contributed by atoms with van der Waals surface area (Å²) < 4.78 is 37.2. The van der Waals surface area contributed by atoms with Gasteiger partial charge in [0.2, 0.25) is 0 Å². The van der Waals surface area contributed by atoms with Crippen molar-refractivity contribution in [2.45, 2.75) is 50.8 Å². The fraction of sp³-hybridized carbons (Fsp3) is 0.360. The molecule has 0 aliphatic carbocycles. The number of hydrogen-bond acceptors (Lipinski definition) is 7. The fourth-order valence-corrected chi connectivity index (χ4v) is 5.83. The summed E-state index contributed by atoms with van der Waals surface area (Å²) in [7, 11) is 0. The van der Waals surface area contributed by atoms with Crippen LogP contribution in [0.2, 0.25) is 5.02 Å². The maximum Gasteiger partial charge on any atom is 0.426 e. The number of amides is 1. The number of nitrogens with zero attached hydrogens (tertiary/aromatic N) is 3. The highest BCUT2D eigenvalue weighted by Crippen LogP contribution is 2.39. The molecule has 4 rings (SSSR count). The average Bonchev–Trinajstić information content (AvgIpc) is 3.32. The van der Waals surface area contributed by atoms with E-state index < -0.39 is 23.3 Å². The van der Waals surface area contributed by atoms with Gasteiger partial charge in [-0.05, 0) is 79.5 Å². The van der Waals surface area contributed by atoms with E-state index >= 15 is 8.78 Å². The van der Waals surface area contributed by atoms with Crippen LogP contribution in [0, 0.1) is 11.6 Å². The van der Waals surface area contributed by atoms with Gasteiger partial charge in [0.1, 0.15) is 16.3 Å². The third-order valence-electron chi connectivity index (χ3n) is 5.50. The Morgan fingerprint density at radius 2 is 2.11 bits per heavy atom. The van der Waals surface area contributed by atoms with E-state index in [9.17, 15) is 4.79 Å². The van der Waals surface area contributed by atoms with Crippen LogP contribution in [0.4, 0.5) is 25.1 Å². The minimum Gasteiger partial charge on any atom is -0.443 e. The van der Waals surface area contributed by atoms with E-state index in [1.807, 2.05) is 12.1 Å². The van der Waals surface area contributed by atoms with E-state index in [0.29, 0.717) is 17.0 Å². The number of nitrogens with one attached hydrogen (secondary N) is 1. The van der Waals surface area contributed by atoms with Crippen molar-refractivity contribution >= 4 is 68.4 Å². The molecule has 12 heteroatoms. The quantitative estimate of drug-likeness (QED) is 0.200. The molecule has 1 saturated heterocycles. The second kappa shape index (κ2) is 11.9. The Labute approximate surface area is 236 Å². The van der Waals surface area contributed by atoms with Gasteiger partial charge >= 0.3 is 6.09 Å². The summed E-state index contributed by atoms with van der Waals surface area (Å²) in [5, 5.41) is 5.29. The van der Waals surface area contributed by atoms with Gasteiger partial charge in [-0.3, -0.25) is 4.90 Å². The van der Waals surface area contributed by atoms with Crippen molar-refractivity contribution in [3.63, 3.8) is 0 Å². The number of likely N-dealkylation sites (tertiary alicyclic amines) is 1. The summed E-state index contributed by atoms with van der Waals surface area (Å²) in [6, 6.07) is 6.91. The lowest BCUT2D eigenvalue weighted by Gasteiger charge is -2.31. The molecular weight excluding hydrogens is 606 g/mol. The van der Waals surface area contributed by atoms with Crippen LogP contribution in [0.1, 0.15) is 38.3 Å². The number of thiazole rings is 1. The summed E-state index contributed by atoms with van der Waals surface area (Å²) in [5.74, 6) is -1.47. The third-order valence-corrected chi connectivity index (χ3v) is 8.28. The number of carbonyl (C=O) groups excluding carboxylic acids is 1. The van der Waals surface area contributed by atoms with Crippen LogP contribution >= 0.6 is 50.8 Å². The molecule has 0 bridgehead atoms. The van der Waals surface area contributed by atoms with Gasteiger partial charge in [0.15, 0.2) is 11.6 Å². The molecule has 1 N–H and O–H groups in total. The molecule has 0 atom stereocenters. The first-order chi connectivity index (χ1) is 17.5. The number of rotatable bonds is 8. The maximum absolute atomic E-state index is 15.5. The normalized spacial score (nSPS) is 13.8. The van der Waals surface area contributed by atoms with Gasteiger partial charge in [-0.2, -0.15) is 4.31 Å². The molecule has 3 aromatic rings. The van der Waals surface area contributed by atoms with Gasteiger partial charge in [-0.1, -0.05) is 23.7 Å². The zero-order chi connectivity index (χ0) is 26.7. The highest BCUT2D eigenvalue weighted by Gasteiger charge is 2.29. The van der Waals surface area contributed by atoms with E-state index in [4.69, 9.17) is 16.3 Å². The first-order valence-electron chi connectivity index (χ1n) is 11.5. The summed E-state index contributed by atoms with van der Waals surface area (Å²) >= 11 is 11.6. The average molecular weight is 632 g/mol. The highest BCUT2D eigenvalue weighted by atomic mass is 79.9. The van der Waals surface area contributed by atoms with Crippen molar-refractivity contribution in [1.82, 2.24) is 9.88 Å². The standard InChI is InChI=1S/C25H26BrClF2N4O2S2/c1-25(2,3)35-24(34)33(20-13-36-14-31-20)37-23-18(28)10-19(21(26)22(23)29)30-11-16-15(6-4-7-17(16)27)12-32-8-5-9-32/h4,6-7,10,13-14,30H,5,8-9,11-12H2,1-3H3. The molecule has 0 unspecified atom stereocenters. The number of carbonyl (C=O) groups is 1. The Hall–Kier alpha value is -1.92. The van der Waals surface area contributed by atoms with Gasteiger partial charge in [0, 0.05) is 35.4 Å². The van der Waals surface area contributed by atoms with Gasteiger partial charge < -0.3 is 10.1 Å². The molecule has 0 radical (unpaired) electrons. The van der Waals surface area contributed by atoms with Crippen LogP contribution in [-0.2, 0) is 17.8 Å². The van der Waals surface area contributed by atoms with Crippen LogP contribution in [0.3, 0.4) is 0 Å². The van der Waals surface area contributed by atoms with Crippen molar-refractivity contribution in [3.8, 4) is 0 Å². The van der Waals surface area contributed by atoms with Crippen molar-refractivity contribution in [2.75, 3.05) is 22.7 Å². The zero-order valence-electron chi connectivity index (χ0n) is 20.5. The summed E-state index contributed by atoms with van der Waals surface area (Å²) in [6.45, 7) is 8.27. The topological polar surface area (TPSA) is 57.7 Å². The van der Waals surface area contributed by atoms with Crippen molar-refractivity contribution in [3.05, 3.63) is 67.4 Å². The number of halogens is 4. The second-order valence-electron chi connectivity index (χ2n) is 9.44. The summed E-state index contributed by atoms with van der Waals surface area (Å²) in [6.07, 6.45) is 0.395. The van der Waals surface area contributed by atoms with E-state index in [-0.39, 0.29) is 27.4 Å². The molecular formula is C25H26BrClF2N4O2S2. The monoisotopic (exact) mass is 630 g/mol. The van der Waals surface area contributed by atoms with Crippen LogP contribution in [0.15, 0.2) is 44.5 Å². The molecule has 37 heavy (non-hydrogen) atoms. The minimum atomic E-state index is -0.851. The molecule has 2 aromatic carbocycles. The molecule has 0 saturated carbocycles. The number of aromatic nitrogens is 1. The number of anilines is 2. The van der Waals surface area contributed by atoms with E-state index in [1.54, 1.807) is 32.2 Å². The first-order valence-corrected chi connectivity index (χ1v) is 14.4. The predicted octanol–water partition coefficient (Wildman–Crippen LogP) is 8.10. The smallest absolute Gasteiger partial charge is 0.426 e. The number of hydrogen-bond donors (Lipinski definition) is 1. The molecule has 198 valence electrons. The second-order valence-corrected chi connectivity index (χ2v) is 12.3. The Balaban J connectivity index is 1.56. The predicted molar refractivity (Wildman–Crippen MR) is 149 cm³/mol. The number of ether oxygens (including phenoxy) is 1. The van der Waals surface area contributed by atoms with Crippen molar-refractivity contribution in [1.29, 1.82) is 0 Å². The number of benzene rings is 2. The fourth-order valence-electron chi connectivity index (χ4n) is 3.58. The van der Waals surface area contributed by atoms with Crippen LogP contribution in [-0.4, -0.2) is 34.7 Å². The van der Waals surface area contributed by atoms with Gasteiger partial charge in [-0.15, -0.1) is 11.3 Å². The minimum absolute atomic E-state index is 0.0372. The lowest BCUT2D eigenvalue weighted by atomic mass is 10.0. The highest BCUT2D eigenvalue weighted by molar-refractivity contribution is 9.10. The van der Waals surface area contributed by atoms with Crippen LogP contribution < -0.4 is 9.62 Å². The lowest BCUT2D eigenvalue weighted by molar-refractivity contribution is 0.0611. The Morgan fingerprint density at radius 1 is 1.35 bits per heavy atom. The molecule has 1 amide bonds. The van der Waals surface area contributed by atoms with Gasteiger partial charge in [-0.25, -0.2) is 18.6 Å². The Bertz CT molecular complexity index is 1270. The van der Waals surface area contributed by atoms with E-state index in [1.165, 1.54) is 29.3 Å². The molecule has 1 aromatic heterocycles. The molecule has 1 aliphatic heterocycles. The van der Waals surface area contributed by atoms with Crippen molar-refractivity contribution < 1.29 is 18.3 Å². The molecule has 1 aliphatic rings. The Kier molecular flexibility index (Phi) is 9.00. The Morgan fingerprint density at radius 3 is 2.73 bits per heavy atom. The third kappa shape index (κ3) is 6.94. The maximum atomic E-state index is 15.5. The molecule has 6 nitrogen and oxygen atoms in total. The summed E-state index contributed by atoms with van der Waals surface area (Å²) in [5.41, 5.74) is 2.90. The van der Waals surface area contributed by atoms with Gasteiger partial charge in [0.25, 0.3) is 0 Å². The van der Waals surface area contributed by atoms with Crippen LogP contribution in [0.25, 0.3) is 0 Å². The molecule has 0 spiro atoms. The zero-order valence-corrected chi connectivity index (χ0v) is 24.5. The van der Waals surface area contributed by atoms with Crippen molar-refractivity contribution in [2.24, 2.45) is 0 Å². The van der Waals surface area contributed by atoms with E-state index in [2.05, 4.69) is 31.1 Å².